The number of rotatable bonds is 3. The highest BCUT2D eigenvalue weighted by Gasteiger charge is 2.03. The molecule has 0 radical (unpaired) electrons. The lowest BCUT2D eigenvalue weighted by molar-refractivity contribution is 0.394. The molecule has 13 heavy (non-hydrogen) atoms. The minimum absolute atomic E-state index is 0.303. The summed E-state index contributed by atoms with van der Waals surface area (Å²) in [4.78, 5) is 0. The Hall–Kier alpha value is -1.56. The topological polar surface area (TPSA) is 33.0 Å². The molecule has 1 aromatic carbocycles. The number of methoxy groups -OCH3 is 1. The summed E-state index contributed by atoms with van der Waals surface area (Å²) in [5, 5.41) is 8.43. The summed E-state index contributed by atoms with van der Waals surface area (Å²) in [6, 6.07) is 7.11. The van der Waals surface area contributed by atoms with Crippen molar-refractivity contribution in [2.75, 3.05) is 7.11 Å². The molecule has 0 heterocycles. The van der Waals surface area contributed by atoms with Crippen molar-refractivity contribution in [1.82, 2.24) is 0 Å². The molecule has 0 N–H and O–H groups in total. The number of ether oxygens (including phenoxy) is 1. The van der Waals surface area contributed by atoms with Crippen LogP contribution in [0.15, 0.2) is 18.2 Å². The van der Waals surface area contributed by atoms with Gasteiger partial charge < -0.3 is 4.74 Å². The van der Waals surface area contributed by atoms with Crippen LogP contribution in [-0.4, -0.2) is 7.11 Å². The minimum atomic E-state index is -0.567. The smallest absolute Gasteiger partial charge is 0.124 e. The summed E-state index contributed by atoms with van der Waals surface area (Å²) < 4.78 is 17.4. The van der Waals surface area contributed by atoms with Gasteiger partial charge in [0.05, 0.1) is 19.6 Å². The Bertz CT molecular complexity index is 330. The standard InChI is InChI=1S/C10H10FNO/c1-13-10-3-2-8(4-5-12)6-9(10)7-11/h2-3,6H,4,7H2,1H3. The van der Waals surface area contributed by atoms with Gasteiger partial charge in [0.25, 0.3) is 0 Å². The maximum atomic E-state index is 12.4. The van der Waals surface area contributed by atoms with E-state index in [0.29, 0.717) is 17.7 Å². The molecule has 1 rings (SSSR count). The first-order chi connectivity index (χ1) is 6.31. The van der Waals surface area contributed by atoms with E-state index in [0.717, 1.165) is 5.56 Å². The van der Waals surface area contributed by atoms with Gasteiger partial charge in [0, 0.05) is 5.56 Å². The molecule has 0 aliphatic carbocycles. The second kappa shape index (κ2) is 4.46. The van der Waals surface area contributed by atoms with Crippen LogP contribution in [-0.2, 0) is 13.1 Å². The Kier molecular flexibility index (Phi) is 3.27. The first-order valence-corrected chi connectivity index (χ1v) is 3.90. The first-order valence-electron chi connectivity index (χ1n) is 3.90. The number of hydrogen-bond acceptors (Lipinski definition) is 2. The first kappa shape index (κ1) is 9.53. The van der Waals surface area contributed by atoms with Crippen molar-refractivity contribution in [2.24, 2.45) is 0 Å². The van der Waals surface area contributed by atoms with Gasteiger partial charge in [-0.15, -0.1) is 0 Å². The van der Waals surface area contributed by atoms with Crippen LogP contribution in [0.1, 0.15) is 11.1 Å². The number of nitriles is 1. The van der Waals surface area contributed by atoms with Crippen LogP contribution in [0.5, 0.6) is 5.75 Å². The highest BCUT2D eigenvalue weighted by Crippen LogP contribution is 2.20. The number of hydrogen-bond donors (Lipinski definition) is 0. The zero-order valence-electron chi connectivity index (χ0n) is 7.38. The molecule has 3 heteroatoms. The molecule has 0 spiro atoms. The van der Waals surface area contributed by atoms with Gasteiger partial charge in [-0.25, -0.2) is 4.39 Å². The van der Waals surface area contributed by atoms with Crippen LogP contribution >= 0.6 is 0 Å². The van der Waals surface area contributed by atoms with Gasteiger partial charge in [0.15, 0.2) is 0 Å². The second-order valence-corrected chi connectivity index (χ2v) is 2.61. The van der Waals surface area contributed by atoms with E-state index in [-0.39, 0.29) is 0 Å². The monoisotopic (exact) mass is 179 g/mol. The lowest BCUT2D eigenvalue weighted by atomic mass is 10.1. The van der Waals surface area contributed by atoms with Gasteiger partial charge in [-0.1, -0.05) is 6.07 Å². The average Bonchev–Trinajstić information content (AvgIpc) is 2.18. The van der Waals surface area contributed by atoms with Crippen molar-refractivity contribution in [2.45, 2.75) is 13.1 Å². The van der Waals surface area contributed by atoms with E-state index in [4.69, 9.17) is 10.00 Å². The summed E-state index contributed by atoms with van der Waals surface area (Å²) >= 11 is 0. The highest BCUT2D eigenvalue weighted by atomic mass is 19.1. The third-order valence-corrected chi connectivity index (χ3v) is 1.77. The molecular formula is C10H10FNO. The Morgan fingerprint density at radius 1 is 1.54 bits per heavy atom. The number of halogens is 1. The zero-order chi connectivity index (χ0) is 9.68. The van der Waals surface area contributed by atoms with Crippen molar-refractivity contribution in [1.29, 1.82) is 5.26 Å². The summed E-state index contributed by atoms with van der Waals surface area (Å²) in [5.74, 6) is 0.532. The molecule has 0 aliphatic heterocycles. The fraction of sp³-hybridized carbons (Fsp3) is 0.300. The third-order valence-electron chi connectivity index (χ3n) is 1.77. The van der Waals surface area contributed by atoms with E-state index < -0.39 is 6.67 Å². The Labute approximate surface area is 76.6 Å². The largest absolute Gasteiger partial charge is 0.496 e. The molecule has 1 aromatic rings. The molecule has 0 amide bonds. The molecule has 0 atom stereocenters. The lowest BCUT2D eigenvalue weighted by Gasteiger charge is -2.05. The van der Waals surface area contributed by atoms with Crippen molar-refractivity contribution in [3.63, 3.8) is 0 Å². The molecule has 68 valence electrons. The van der Waals surface area contributed by atoms with Gasteiger partial charge >= 0.3 is 0 Å². The van der Waals surface area contributed by atoms with E-state index in [9.17, 15) is 4.39 Å². The minimum Gasteiger partial charge on any atom is -0.496 e. The van der Waals surface area contributed by atoms with Gasteiger partial charge in [-0.2, -0.15) is 5.26 Å². The van der Waals surface area contributed by atoms with Crippen LogP contribution in [0.4, 0.5) is 4.39 Å². The Morgan fingerprint density at radius 2 is 2.31 bits per heavy atom. The average molecular weight is 179 g/mol. The van der Waals surface area contributed by atoms with Crippen LogP contribution in [0.3, 0.4) is 0 Å². The molecule has 0 aliphatic rings. The molecule has 2 nitrogen and oxygen atoms in total. The highest BCUT2D eigenvalue weighted by molar-refractivity contribution is 5.37. The van der Waals surface area contributed by atoms with E-state index in [1.54, 1.807) is 18.2 Å². The van der Waals surface area contributed by atoms with Gasteiger partial charge in [0.2, 0.25) is 0 Å². The van der Waals surface area contributed by atoms with Gasteiger partial charge in [0.1, 0.15) is 12.4 Å². The van der Waals surface area contributed by atoms with Crippen LogP contribution in [0.25, 0.3) is 0 Å². The second-order valence-electron chi connectivity index (χ2n) is 2.61. The lowest BCUT2D eigenvalue weighted by Crippen LogP contribution is -1.92. The Balaban J connectivity index is 3.00. The maximum absolute atomic E-state index is 12.4. The summed E-state index contributed by atoms with van der Waals surface area (Å²) in [6.07, 6.45) is 0.303. The Morgan fingerprint density at radius 3 is 2.85 bits per heavy atom. The molecule has 0 unspecified atom stereocenters. The molecule has 0 bridgehead atoms. The molecule has 0 aromatic heterocycles. The van der Waals surface area contributed by atoms with Crippen molar-refractivity contribution >= 4 is 0 Å². The quantitative estimate of drug-likeness (QED) is 0.712. The van der Waals surface area contributed by atoms with Gasteiger partial charge in [-0.3, -0.25) is 0 Å². The van der Waals surface area contributed by atoms with Crippen molar-refractivity contribution < 1.29 is 9.13 Å². The predicted octanol–water partition coefficient (Wildman–Crippen LogP) is 2.23. The number of alkyl halides is 1. The van der Waals surface area contributed by atoms with E-state index >= 15 is 0 Å². The number of benzene rings is 1. The molecular weight excluding hydrogens is 169 g/mol. The summed E-state index contributed by atoms with van der Waals surface area (Å²) in [7, 11) is 1.50. The van der Waals surface area contributed by atoms with Crippen LogP contribution < -0.4 is 4.74 Å². The van der Waals surface area contributed by atoms with Gasteiger partial charge in [-0.05, 0) is 17.7 Å². The normalized spacial score (nSPS) is 9.31. The third kappa shape index (κ3) is 2.19. The maximum Gasteiger partial charge on any atom is 0.124 e. The fourth-order valence-corrected chi connectivity index (χ4v) is 1.14. The summed E-state index contributed by atoms with van der Waals surface area (Å²) in [5.41, 5.74) is 1.31. The van der Waals surface area contributed by atoms with E-state index in [1.165, 1.54) is 7.11 Å². The predicted molar refractivity (Wildman–Crippen MR) is 47.1 cm³/mol. The SMILES string of the molecule is COc1ccc(CC#N)cc1CF. The summed E-state index contributed by atoms with van der Waals surface area (Å²) in [6.45, 7) is -0.567. The number of nitrogens with zero attached hydrogens (tertiary/aromatic N) is 1. The van der Waals surface area contributed by atoms with E-state index in [1.807, 2.05) is 6.07 Å². The molecule has 0 saturated heterocycles. The molecule has 0 fully saturated rings. The van der Waals surface area contributed by atoms with Crippen molar-refractivity contribution in [3.05, 3.63) is 29.3 Å². The van der Waals surface area contributed by atoms with Crippen LogP contribution in [0, 0.1) is 11.3 Å². The fourth-order valence-electron chi connectivity index (χ4n) is 1.14. The van der Waals surface area contributed by atoms with Crippen LogP contribution in [0.2, 0.25) is 0 Å². The zero-order valence-corrected chi connectivity index (χ0v) is 7.38. The van der Waals surface area contributed by atoms with Crippen molar-refractivity contribution in [3.8, 4) is 11.8 Å². The molecule has 0 saturated carbocycles. The van der Waals surface area contributed by atoms with E-state index in [2.05, 4.69) is 0 Å².